The van der Waals surface area contributed by atoms with E-state index in [1.54, 1.807) is 30.6 Å². The number of halogens is 3. The highest BCUT2D eigenvalue weighted by Crippen LogP contribution is 2.31. The number of nitrogen functional groups attached to an aromatic ring is 1. The average Bonchev–Trinajstić information content (AvgIpc) is 2.50. The molecule has 106 valence electrons. The summed E-state index contributed by atoms with van der Waals surface area (Å²) in [5.41, 5.74) is 6.73. The number of nitrogens with one attached hydrogen (secondary N) is 1. The third kappa shape index (κ3) is 2.24. The molecule has 6 heteroatoms. The van der Waals surface area contributed by atoms with Crippen LogP contribution in [0.15, 0.2) is 42.7 Å². The van der Waals surface area contributed by atoms with Gasteiger partial charge in [-0.15, -0.1) is 0 Å². The fraction of sp³-hybridized carbons (Fsp3) is 0. The molecule has 1 aromatic heterocycles. The molecule has 0 saturated heterocycles. The van der Waals surface area contributed by atoms with E-state index in [1.165, 1.54) is 0 Å². The molecule has 0 atom stereocenters. The first kappa shape index (κ1) is 13.2. The Hall–Kier alpha value is -2.76. The van der Waals surface area contributed by atoms with Crippen LogP contribution in [0.2, 0.25) is 0 Å². The van der Waals surface area contributed by atoms with Crippen LogP contribution in [0, 0.1) is 17.5 Å². The molecule has 0 radical (unpaired) electrons. The topological polar surface area (TPSA) is 50.9 Å². The molecule has 2 aromatic carbocycles. The molecule has 0 bridgehead atoms. The number of anilines is 3. The summed E-state index contributed by atoms with van der Waals surface area (Å²) in [7, 11) is 0. The Balaban J connectivity index is 2.11. The minimum atomic E-state index is -1.51. The molecule has 3 N–H and O–H groups in total. The molecule has 0 aliphatic carbocycles. The minimum Gasteiger partial charge on any atom is -0.398 e. The van der Waals surface area contributed by atoms with Crippen molar-refractivity contribution in [1.82, 2.24) is 4.98 Å². The fourth-order valence-electron chi connectivity index (χ4n) is 2.09. The van der Waals surface area contributed by atoms with E-state index in [0.717, 1.165) is 12.1 Å². The summed E-state index contributed by atoms with van der Waals surface area (Å²) in [5, 5.41) is 4.13. The van der Waals surface area contributed by atoms with Crippen molar-refractivity contribution in [3.8, 4) is 0 Å². The molecule has 0 aliphatic heterocycles. The van der Waals surface area contributed by atoms with Crippen LogP contribution in [0.25, 0.3) is 10.8 Å². The van der Waals surface area contributed by atoms with Gasteiger partial charge in [0.1, 0.15) is 0 Å². The van der Waals surface area contributed by atoms with Crippen LogP contribution in [0.4, 0.5) is 30.2 Å². The Morgan fingerprint density at radius 3 is 2.43 bits per heavy atom. The van der Waals surface area contributed by atoms with Crippen molar-refractivity contribution in [2.45, 2.75) is 0 Å². The molecule has 0 amide bonds. The van der Waals surface area contributed by atoms with Gasteiger partial charge in [0, 0.05) is 34.5 Å². The van der Waals surface area contributed by atoms with Crippen molar-refractivity contribution < 1.29 is 13.2 Å². The summed E-state index contributed by atoms with van der Waals surface area (Å²) < 4.78 is 39.9. The first-order valence-electron chi connectivity index (χ1n) is 6.10. The standard InChI is InChI=1S/C15H10F3N3/c16-10-1-3-13(15(18)14(10)17)21-12-4-2-11(19)9-7-20-6-5-8(9)12/h1-7,21H,19H2. The SMILES string of the molecule is Nc1ccc(Nc2ccc(F)c(F)c2F)c2ccncc12. The maximum Gasteiger partial charge on any atom is 0.196 e. The Kier molecular flexibility index (Phi) is 3.13. The van der Waals surface area contributed by atoms with Crippen LogP contribution in [-0.4, -0.2) is 4.98 Å². The van der Waals surface area contributed by atoms with Gasteiger partial charge in [-0.25, -0.2) is 13.2 Å². The Labute approximate surface area is 118 Å². The molecule has 0 spiro atoms. The van der Waals surface area contributed by atoms with Gasteiger partial charge >= 0.3 is 0 Å². The zero-order chi connectivity index (χ0) is 15.0. The smallest absolute Gasteiger partial charge is 0.196 e. The molecular weight excluding hydrogens is 279 g/mol. The highest BCUT2D eigenvalue weighted by molar-refractivity contribution is 6.01. The Morgan fingerprint density at radius 2 is 1.62 bits per heavy atom. The molecule has 21 heavy (non-hydrogen) atoms. The minimum absolute atomic E-state index is 0.156. The number of nitrogens with zero attached hydrogens (tertiary/aromatic N) is 1. The first-order chi connectivity index (χ1) is 10.1. The van der Waals surface area contributed by atoms with Gasteiger partial charge in [0.25, 0.3) is 0 Å². The number of benzene rings is 2. The van der Waals surface area contributed by atoms with Gasteiger partial charge in [-0.3, -0.25) is 4.98 Å². The van der Waals surface area contributed by atoms with Gasteiger partial charge in [-0.1, -0.05) is 0 Å². The molecule has 3 nitrogen and oxygen atoms in total. The summed E-state index contributed by atoms with van der Waals surface area (Å²) in [4.78, 5) is 3.97. The molecule has 0 aliphatic rings. The Bertz CT molecular complexity index is 834. The van der Waals surface area contributed by atoms with Gasteiger partial charge in [-0.05, 0) is 30.3 Å². The lowest BCUT2D eigenvalue weighted by Crippen LogP contribution is -2.00. The average molecular weight is 289 g/mol. The monoisotopic (exact) mass is 289 g/mol. The fourth-order valence-corrected chi connectivity index (χ4v) is 2.09. The maximum absolute atomic E-state index is 13.7. The summed E-state index contributed by atoms with van der Waals surface area (Å²) in [5.74, 6) is -4.01. The van der Waals surface area contributed by atoms with Crippen LogP contribution in [0.3, 0.4) is 0 Å². The molecule has 3 aromatic rings. The highest BCUT2D eigenvalue weighted by atomic mass is 19.2. The third-order valence-corrected chi connectivity index (χ3v) is 3.16. The molecule has 0 fully saturated rings. The van der Waals surface area contributed by atoms with Crippen LogP contribution in [-0.2, 0) is 0 Å². The van der Waals surface area contributed by atoms with Crippen LogP contribution in [0.1, 0.15) is 0 Å². The van der Waals surface area contributed by atoms with Crippen LogP contribution >= 0.6 is 0 Å². The van der Waals surface area contributed by atoms with Crippen molar-refractivity contribution >= 4 is 27.8 Å². The van der Waals surface area contributed by atoms with E-state index < -0.39 is 17.5 Å². The summed E-state index contributed by atoms with van der Waals surface area (Å²) in [6.45, 7) is 0. The van der Waals surface area contributed by atoms with Gasteiger partial charge in [0.2, 0.25) is 0 Å². The predicted octanol–water partition coefficient (Wildman–Crippen LogP) is 3.98. The van der Waals surface area contributed by atoms with E-state index >= 15 is 0 Å². The lowest BCUT2D eigenvalue weighted by atomic mass is 10.1. The van der Waals surface area contributed by atoms with Crippen LogP contribution in [0.5, 0.6) is 0 Å². The van der Waals surface area contributed by atoms with E-state index in [-0.39, 0.29) is 5.69 Å². The number of hydrogen-bond donors (Lipinski definition) is 2. The number of nitrogens with two attached hydrogens (primary N) is 1. The molecule has 1 heterocycles. The first-order valence-corrected chi connectivity index (χ1v) is 6.10. The third-order valence-electron chi connectivity index (χ3n) is 3.16. The van der Waals surface area contributed by atoms with E-state index in [4.69, 9.17) is 5.73 Å². The quantitative estimate of drug-likeness (QED) is 0.554. The second-order valence-corrected chi connectivity index (χ2v) is 4.47. The van der Waals surface area contributed by atoms with E-state index in [2.05, 4.69) is 10.3 Å². The molecule has 0 saturated carbocycles. The van der Waals surface area contributed by atoms with Crippen molar-refractivity contribution in [1.29, 1.82) is 0 Å². The van der Waals surface area contributed by atoms with Crippen molar-refractivity contribution in [2.24, 2.45) is 0 Å². The van der Waals surface area contributed by atoms with E-state index in [9.17, 15) is 13.2 Å². The number of rotatable bonds is 2. The second-order valence-electron chi connectivity index (χ2n) is 4.47. The van der Waals surface area contributed by atoms with Gasteiger partial charge < -0.3 is 11.1 Å². The largest absolute Gasteiger partial charge is 0.398 e. The zero-order valence-electron chi connectivity index (χ0n) is 10.7. The van der Waals surface area contributed by atoms with Crippen molar-refractivity contribution in [3.05, 3.63) is 60.2 Å². The predicted molar refractivity (Wildman–Crippen MR) is 75.8 cm³/mol. The van der Waals surface area contributed by atoms with Crippen molar-refractivity contribution in [3.63, 3.8) is 0 Å². The van der Waals surface area contributed by atoms with Crippen molar-refractivity contribution in [2.75, 3.05) is 11.1 Å². The van der Waals surface area contributed by atoms with Gasteiger partial charge in [-0.2, -0.15) is 0 Å². The highest BCUT2D eigenvalue weighted by Gasteiger charge is 2.14. The number of hydrogen-bond acceptors (Lipinski definition) is 3. The van der Waals surface area contributed by atoms with Crippen LogP contribution < -0.4 is 11.1 Å². The normalized spacial score (nSPS) is 10.8. The molecular formula is C15H10F3N3. The summed E-state index contributed by atoms with van der Waals surface area (Å²) in [6.07, 6.45) is 3.14. The lowest BCUT2D eigenvalue weighted by Gasteiger charge is -2.12. The maximum atomic E-state index is 13.7. The lowest BCUT2D eigenvalue weighted by molar-refractivity contribution is 0.449. The molecule has 0 unspecified atom stereocenters. The number of fused-ring (bicyclic) bond motifs is 1. The zero-order valence-corrected chi connectivity index (χ0v) is 10.7. The van der Waals surface area contributed by atoms with E-state index in [1.807, 2.05) is 0 Å². The van der Waals surface area contributed by atoms with E-state index in [0.29, 0.717) is 22.1 Å². The number of aromatic nitrogens is 1. The number of pyridine rings is 1. The van der Waals surface area contributed by atoms with Gasteiger partial charge in [0.15, 0.2) is 17.5 Å². The molecule has 3 rings (SSSR count). The second kappa shape index (κ2) is 4.97. The summed E-state index contributed by atoms with van der Waals surface area (Å²) >= 11 is 0. The Morgan fingerprint density at radius 1 is 0.857 bits per heavy atom. The summed E-state index contributed by atoms with van der Waals surface area (Å²) in [6, 6.07) is 6.97. The van der Waals surface area contributed by atoms with Gasteiger partial charge in [0.05, 0.1) is 5.69 Å².